The molecule has 0 bridgehead atoms. The second-order valence-corrected chi connectivity index (χ2v) is 12.4. The van der Waals surface area contributed by atoms with Gasteiger partial charge in [-0.2, -0.15) is 0 Å². The zero-order chi connectivity index (χ0) is 19.2. The first kappa shape index (κ1) is 23.3. The van der Waals surface area contributed by atoms with Crippen LogP contribution in [-0.4, -0.2) is 17.0 Å². The van der Waals surface area contributed by atoms with Crippen LogP contribution in [0, 0.1) is 0 Å². The summed E-state index contributed by atoms with van der Waals surface area (Å²) in [4.78, 5) is 4.62. The lowest BCUT2D eigenvalue weighted by molar-refractivity contribution is 0.283. The molecular weight excluding hydrogens is 475 g/mol. The molecule has 0 amide bonds. The van der Waals surface area contributed by atoms with Gasteiger partial charge in [0, 0.05) is 45.1 Å². The van der Waals surface area contributed by atoms with Gasteiger partial charge in [0.1, 0.15) is 0 Å². The molecule has 148 valence electrons. The van der Waals surface area contributed by atoms with Crippen LogP contribution in [0.25, 0.3) is 0 Å². The predicted octanol–water partition coefficient (Wildman–Crippen LogP) is 8.19. The van der Waals surface area contributed by atoms with Crippen LogP contribution >= 0.6 is 57.9 Å². The highest BCUT2D eigenvalue weighted by molar-refractivity contribution is 9.09. The van der Waals surface area contributed by atoms with E-state index in [1.165, 1.54) is 37.7 Å². The number of rotatable bonds is 11. The third-order valence-corrected chi connectivity index (χ3v) is 10.1. The summed E-state index contributed by atoms with van der Waals surface area (Å²) in [7, 11) is 0.0189. The SMILES string of the molecule is OCCCCCCBr.c1csc(CP(Cc2cccs2)Cc2cccs2)c1. The second kappa shape index (κ2) is 14.9. The highest BCUT2D eigenvalue weighted by Crippen LogP contribution is 2.48. The van der Waals surface area contributed by atoms with E-state index in [4.69, 9.17) is 5.11 Å². The van der Waals surface area contributed by atoms with Crippen LogP contribution in [-0.2, 0) is 18.5 Å². The van der Waals surface area contributed by atoms with Gasteiger partial charge in [-0.25, -0.2) is 0 Å². The van der Waals surface area contributed by atoms with Crippen molar-refractivity contribution in [2.75, 3.05) is 11.9 Å². The molecule has 0 saturated heterocycles. The summed E-state index contributed by atoms with van der Waals surface area (Å²) in [6, 6.07) is 13.4. The van der Waals surface area contributed by atoms with Crippen LogP contribution in [0.4, 0.5) is 0 Å². The lowest BCUT2D eigenvalue weighted by atomic mass is 10.2. The summed E-state index contributed by atoms with van der Waals surface area (Å²) in [6.07, 6.45) is 8.41. The Morgan fingerprint density at radius 3 is 1.48 bits per heavy atom. The number of alkyl halides is 1. The van der Waals surface area contributed by atoms with Crippen molar-refractivity contribution in [3.8, 4) is 0 Å². The van der Waals surface area contributed by atoms with E-state index in [0.717, 1.165) is 11.8 Å². The van der Waals surface area contributed by atoms with Crippen molar-refractivity contribution in [1.29, 1.82) is 0 Å². The van der Waals surface area contributed by atoms with E-state index in [1.807, 2.05) is 34.0 Å². The highest BCUT2D eigenvalue weighted by Gasteiger charge is 2.13. The van der Waals surface area contributed by atoms with Crippen molar-refractivity contribution in [2.45, 2.75) is 44.2 Å². The van der Waals surface area contributed by atoms with Gasteiger partial charge in [-0.3, -0.25) is 0 Å². The first-order valence-electron chi connectivity index (χ1n) is 9.28. The van der Waals surface area contributed by atoms with Crippen LogP contribution in [0.1, 0.15) is 40.3 Å². The fourth-order valence-electron chi connectivity index (χ4n) is 2.60. The van der Waals surface area contributed by atoms with E-state index in [1.54, 1.807) is 14.6 Å². The van der Waals surface area contributed by atoms with Crippen LogP contribution < -0.4 is 0 Å². The Hall–Kier alpha value is -0.0300. The van der Waals surface area contributed by atoms with Gasteiger partial charge in [0.15, 0.2) is 0 Å². The largest absolute Gasteiger partial charge is 0.396 e. The van der Waals surface area contributed by atoms with Crippen LogP contribution in [0.15, 0.2) is 52.5 Å². The topological polar surface area (TPSA) is 20.2 Å². The van der Waals surface area contributed by atoms with Gasteiger partial charge >= 0.3 is 0 Å². The van der Waals surface area contributed by atoms with Crippen molar-refractivity contribution in [3.63, 3.8) is 0 Å². The van der Waals surface area contributed by atoms with E-state index in [9.17, 15) is 0 Å². The van der Waals surface area contributed by atoms with Crippen LogP contribution in [0.3, 0.4) is 0 Å². The lowest BCUT2D eigenvalue weighted by Gasteiger charge is -2.15. The smallest absolute Gasteiger partial charge is 0.0431 e. The molecule has 0 unspecified atom stereocenters. The summed E-state index contributed by atoms with van der Waals surface area (Å²) < 4.78 is 0. The molecule has 3 rings (SSSR count). The highest BCUT2D eigenvalue weighted by atomic mass is 79.9. The van der Waals surface area contributed by atoms with Gasteiger partial charge in [-0.15, -0.1) is 34.0 Å². The zero-order valence-electron chi connectivity index (χ0n) is 15.6. The molecule has 3 aromatic rings. The zero-order valence-corrected chi connectivity index (χ0v) is 20.5. The maximum absolute atomic E-state index is 8.35. The molecule has 1 nitrogen and oxygen atoms in total. The van der Waals surface area contributed by atoms with E-state index >= 15 is 0 Å². The van der Waals surface area contributed by atoms with Gasteiger partial charge < -0.3 is 5.11 Å². The van der Waals surface area contributed by atoms with Crippen molar-refractivity contribution < 1.29 is 5.11 Å². The molecule has 0 aliphatic heterocycles. The summed E-state index contributed by atoms with van der Waals surface area (Å²) in [5.74, 6) is 0. The Bertz CT molecular complexity index is 576. The molecule has 0 aliphatic carbocycles. The lowest BCUT2D eigenvalue weighted by Crippen LogP contribution is -1.88. The minimum absolute atomic E-state index is 0.0189. The van der Waals surface area contributed by atoms with Gasteiger partial charge in [-0.05, 0) is 47.2 Å². The average Bonchev–Trinajstić information content (AvgIpc) is 3.43. The maximum atomic E-state index is 8.35. The Morgan fingerprint density at radius 1 is 0.704 bits per heavy atom. The number of aliphatic hydroxyl groups is 1. The van der Waals surface area contributed by atoms with Crippen molar-refractivity contribution >= 4 is 57.9 Å². The first-order valence-corrected chi connectivity index (χ1v) is 14.9. The molecule has 0 spiro atoms. The van der Waals surface area contributed by atoms with Crippen LogP contribution in [0.5, 0.6) is 0 Å². The maximum Gasteiger partial charge on any atom is 0.0431 e. The molecule has 0 atom stereocenters. The van der Waals surface area contributed by atoms with E-state index in [2.05, 4.69) is 68.5 Å². The molecule has 0 radical (unpaired) electrons. The molecule has 3 aromatic heterocycles. The summed E-state index contributed by atoms with van der Waals surface area (Å²) >= 11 is 9.04. The Labute approximate surface area is 185 Å². The Balaban J connectivity index is 0.000000279. The fourth-order valence-corrected chi connectivity index (χ4v) is 8.97. The third-order valence-electron chi connectivity index (χ3n) is 3.92. The number of hydrogen-bond acceptors (Lipinski definition) is 4. The number of halogens is 1. The summed E-state index contributed by atoms with van der Waals surface area (Å²) in [5, 5.41) is 16.0. The second-order valence-electron chi connectivity index (χ2n) is 6.21. The molecule has 3 heterocycles. The normalized spacial score (nSPS) is 10.8. The van der Waals surface area contributed by atoms with Crippen LogP contribution in [0.2, 0.25) is 0 Å². The summed E-state index contributed by atoms with van der Waals surface area (Å²) in [6.45, 7) is 0.349. The number of unbranched alkanes of at least 4 members (excludes halogenated alkanes) is 3. The van der Waals surface area contributed by atoms with E-state index in [-0.39, 0.29) is 7.92 Å². The molecule has 0 aromatic carbocycles. The third kappa shape index (κ3) is 10.3. The van der Waals surface area contributed by atoms with Crippen molar-refractivity contribution in [1.82, 2.24) is 0 Å². The van der Waals surface area contributed by atoms with Crippen molar-refractivity contribution in [2.24, 2.45) is 0 Å². The number of aliphatic hydroxyl groups excluding tert-OH is 1. The molecule has 27 heavy (non-hydrogen) atoms. The quantitative estimate of drug-likeness (QED) is 0.159. The standard InChI is InChI=1S/C15H15PS3.C6H13BrO/c1-4-13(17-7-1)10-16(11-14-5-2-8-18-14)12-15-6-3-9-19-15;7-5-3-1-2-4-6-8/h1-9H,10-12H2;8H,1-6H2. The van der Waals surface area contributed by atoms with Gasteiger partial charge in [0.25, 0.3) is 0 Å². The number of hydrogen-bond donors (Lipinski definition) is 1. The Kier molecular flexibility index (Phi) is 12.8. The fraction of sp³-hybridized carbons (Fsp3) is 0.429. The summed E-state index contributed by atoms with van der Waals surface area (Å²) in [5.41, 5.74) is 0. The van der Waals surface area contributed by atoms with Gasteiger partial charge in [-0.1, -0.05) is 54.9 Å². The molecule has 1 N–H and O–H groups in total. The van der Waals surface area contributed by atoms with Crippen molar-refractivity contribution in [3.05, 3.63) is 67.2 Å². The monoisotopic (exact) mass is 502 g/mol. The molecule has 0 aliphatic rings. The molecular formula is C21H28BrOPS3. The number of thiophene rings is 3. The minimum atomic E-state index is 0.0189. The van der Waals surface area contributed by atoms with E-state index in [0.29, 0.717) is 6.61 Å². The van der Waals surface area contributed by atoms with Gasteiger partial charge in [0.05, 0.1) is 0 Å². The average molecular weight is 504 g/mol. The predicted molar refractivity (Wildman–Crippen MR) is 130 cm³/mol. The Morgan fingerprint density at radius 2 is 1.15 bits per heavy atom. The molecule has 0 saturated carbocycles. The van der Waals surface area contributed by atoms with Gasteiger partial charge in [0.2, 0.25) is 0 Å². The first-order chi connectivity index (χ1) is 13.3. The molecule has 0 fully saturated rings. The molecule has 6 heteroatoms. The minimum Gasteiger partial charge on any atom is -0.396 e. The van der Waals surface area contributed by atoms with E-state index < -0.39 is 0 Å².